The van der Waals surface area contributed by atoms with Crippen LogP contribution in [-0.4, -0.2) is 35.8 Å². The first-order valence-electron chi connectivity index (χ1n) is 7.71. The molecule has 0 unspecified atom stereocenters. The smallest absolute Gasteiger partial charge is 0.236 e. The van der Waals surface area contributed by atoms with E-state index in [0.29, 0.717) is 16.6 Å². The van der Waals surface area contributed by atoms with E-state index in [-0.39, 0.29) is 11.7 Å². The van der Waals surface area contributed by atoms with Gasteiger partial charge in [0, 0.05) is 23.2 Å². The molecule has 0 spiro atoms. The summed E-state index contributed by atoms with van der Waals surface area (Å²) in [6, 6.07) is 11.1. The summed E-state index contributed by atoms with van der Waals surface area (Å²) in [6.07, 6.45) is 1.70. The average Bonchev–Trinajstić information content (AvgIpc) is 3.14. The van der Waals surface area contributed by atoms with Gasteiger partial charge < -0.3 is 14.8 Å². The second-order valence-electron chi connectivity index (χ2n) is 5.11. The van der Waals surface area contributed by atoms with E-state index in [0.717, 1.165) is 16.3 Å². The van der Waals surface area contributed by atoms with Gasteiger partial charge in [0.2, 0.25) is 5.91 Å². The lowest BCUT2D eigenvalue weighted by atomic mass is 10.1. The number of aromatic nitrogens is 2. The number of anilines is 1. The molecule has 0 saturated carbocycles. The zero-order valence-corrected chi connectivity index (χ0v) is 15.9. The second-order valence-corrected chi connectivity index (χ2v) is 6.96. The molecule has 0 aliphatic carbocycles. The Balaban J connectivity index is 1.65. The summed E-state index contributed by atoms with van der Waals surface area (Å²) in [7, 11) is 3.20. The van der Waals surface area contributed by atoms with E-state index in [1.165, 1.54) is 23.1 Å². The first-order chi connectivity index (χ1) is 12.7. The van der Waals surface area contributed by atoms with Gasteiger partial charge in [-0.25, -0.2) is 9.97 Å². The third kappa shape index (κ3) is 4.53. The first-order valence-corrected chi connectivity index (χ1v) is 9.57. The largest absolute Gasteiger partial charge is 0.497 e. The van der Waals surface area contributed by atoms with Crippen LogP contribution in [0, 0.1) is 0 Å². The molecule has 1 amide bonds. The number of nitrogens with zero attached hydrogens (tertiary/aromatic N) is 2. The van der Waals surface area contributed by atoms with Crippen molar-refractivity contribution >= 4 is 34.1 Å². The monoisotopic (exact) mass is 387 g/mol. The van der Waals surface area contributed by atoms with E-state index < -0.39 is 0 Å². The van der Waals surface area contributed by atoms with E-state index in [1.54, 1.807) is 26.5 Å². The van der Waals surface area contributed by atoms with Gasteiger partial charge in [0.15, 0.2) is 5.13 Å². The Bertz CT molecular complexity index is 884. The number of rotatable bonds is 7. The summed E-state index contributed by atoms with van der Waals surface area (Å²) in [6.45, 7) is 0. The number of thiazole rings is 1. The molecular weight excluding hydrogens is 370 g/mol. The number of hydrogen-bond acceptors (Lipinski definition) is 7. The van der Waals surface area contributed by atoms with Crippen LogP contribution < -0.4 is 14.8 Å². The minimum absolute atomic E-state index is 0.122. The minimum Gasteiger partial charge on any atom is -0.497 e. The molecule has 0 aliphatic heterocycles. The van der Waals surface area contributed by atoms with Crippen molar-refractivity contribution in [1.29, 1.82) is 0 Å². The summed E-state index contributed by atoms with van der Waals surface area (Å²) in [5, 5.41) is 6.05. The molecule has 0 atom stereocenters. The molecule has 0 bridgehead atoms. The van der Waals surface area contributed by atoms with Crippen LogP contribution >= 0.6 is 23.1 Å². The van der Waals surface area contributed by atoms with E-state index in [1.807, 2.05) is 35.7 Å². The highest BCUT2D eigenvalue weighted by atomic mass is 32.2. The van der Waals surface area contributed by atoms with Crippen molar-refractivity contribution < 1.29 is 14.3 Å². The van der Waals surface area contributed by atoms with Crippen LogP contribution in [0.1, 0.15) is 0 Å². The van der Waals surface area contributed by atoms with E-state index in [9.17, 15) is 4.79 Å². The van der Waals surface area contributed by atoms with Crippen LogP contribution in [0.5, 0.6) is 11.5 Å². The first kappa shape index (κ1) is 18.2. The molecular formula is C18H17N3O3S2. The number of pyridine rings is 1. The van der Waals surface area contributed by atoms with Crippen molar-refractivity contribution in [3.63, 3.8) is 0 Å². The van der Waals surface area contributed by atoms with Gasteiger partial charge in [0.1, 0.15) is 11.5 Å². The van der Waals surface area contributed by atoms with Crippen LogP contribution in [0.4, 0.5) is 5.13 Å². The van der Waals surface area contributed by atoms with Crippen molar-refractivity contribution in [1.82, 2.24) is 9.97 Å². The van der Waals surface area contributed by atoms with Crippen LogP contribution in [-0.2, 0) is 4.79 Å². The van der Waals surface area contributed by atoms with Crippen LogP contribution in [0.3, 0.4) is 0 Å². The number of methoxy groups -OCH3 is 2. The molecule has 8 heteroatoms. The molecule has 0 aliphatic rings. The lowest BCUT2D eigenvalue weighted by Crippen LogP contribution is -2.13. The normalized spacial score (nSPS) is 10.4. The van der Waals surface area contributed by atoms with E-state index >= 15 is 0 Å². The van der Waals surface area contributed by atoms with Crippen molar-refractivity contribution in [3.8, 4) is 22.8 Å². The van der Waals surface area contributed by atoms with Gasteiger partial charge in [-0.2, -0.15) is 0 Å². The second kappa shape index (κ2) is 8.68. The van der Waals surface area contributed by atoms with Gasteiger partial charge in [-0.15, -0.1) is 11.3 Å². The average molecular weight is 387 g/mol. The van der Waals surface area contributed by atoms with Crippen molar-refractivity contribution in [2.24, 2.45) is 0 Å². The number of ether oxygens (including phenoxy) is 2. The molecule has 1 aromatic carbocycles. The molecule has 2 aromatic heterocycles. The molecule has 0 fully saturated rings. The van der Waals surface area contributed by atoms with Gasteiger partial charge in [-0.1, -0.05) is 17.8 Å². The number of amides is 1. The molecule has 2 heterocycles. The third-order valence-corrected chi connectivity index (χ3v) is 5.13. The fourth-order valence-corrected chi connectivity index (χ4v) is 3.58. The Hall–Kier alpha value is -2.58. The maximum Gasteiger partial charge on any atom is 0.236 e. The van der Waals surface area contributed by atoms with Crippen LogP contribution in [0.15, 0.2) is 53.0 Å². The molecule has 26 heavy (non-hydrogen) atoms. The predicted octanol–water partition coefficient (Wildman–Crippen LogP) is 3.95. The Kier molecular flexibility index (Phi) is 6.08. The van der Waals surface area contributed by atoms with Crippen molar-refractivity contribution in [3.05, 3.63) is 48.0 Å². The lowest BCUT2D eigenvalue weighted by molar-refractivity contribution is -0.113. The fourth-order valence-electron chi connectivity index (χ4n) is 2.19. The van der Waals surface area contributed by atoms with Crippen molar-refractivity contribution in [2.45, 2.75) is 5.03 Å². The predicted molar refractivity (Wildman–Crippen MR) is 104 cm³/mol. The van der Waals surface area contributed by atoms with Crippen LogP contribution in [0.25, 0.3) is 11.3 Å². The number of carbonyl (C=O) groups is 1. The Morgan fingerprint density at radius 2 is 2.12 bits per heavy atom. The number of nitrogens with one attached hydrogen (secondary N) is 1. The maximum atomic E-state index is 12.1. The van der Waals surface area contributed by atoms with Crippen LogP contribution in [0.2, 0.25) is 0 Å². The topological polar surface area (TPSA) is 73.3 Å². The van der Waals surface area contributed by atoms with Gasteiger partial charge in [-0.05, 0) is 24.3 Å². The Labute approximate surface area is 159 Å². The number of benzene rings is 1. The summed E-state index contributed by atoms with van der Waals surface area (Å²) in [5.41, 5.74) is 1.58. The summed E-state index contributed by atoms with van der Waals surface area (Å²) in [4.78, 5) is 20.8. The molecule has 0 radical (unpaired) electrons. The zero-order chi connectivity index (χ0) is 18.4. The molecule has 6 nitrogen and oxygen atoms in total. The minimum atomic E-state index is -0.122. The zero-order valence-electron chi connectivity index (χ0n) is 14.3. The van der Waals surface area contributed by atoms with E-state index in [2.05, 4.69) is 15.3 Å². The highest BCUT2D eigenvalue weighted by molar-refractivity contribution is 7.99. The highest BCUT2D eigenvalue weighted by Crippen LogP contribution is 2.34. The van der Waals surface area contributed by atoms with Gasteiger partial charge in [-0.3, -0.25) is 4.79 Å². The summed E-state index contributed by atoms with van der Waals surface area (Å²) in [5.74, 6) is 1.53. The van der Waals surface area contributed by atoms with Gasteiger partial charge in [0.05, 0.1) is 30.7 Å². The molecule has 3 aromatic rings. The summed E-state index contributed by atoms with van der Waals surface area (Å²) < 4.78 is 10.6. The SMILES string of the molecule is COc1ccc(-c2csc(NC(=O)CSc3ccccn3)n2)c(OC)c1. The quantitative estimate of drug-likeness (QED) is 0.619. The summed E-state index contributed by atoms with van der Waals surface area (Å²) >= 11 is 2.75. The Morgan fingerprint density at radius 3 is 2.85 bits per heavy atom. The van der Waals surface area contributed by atoms with Crippen molar-refractivity contribution in [2.75, 3.05) is 25.3 Å². The number of hydrogen-bond donors (Lipinski definition) is 1. The van der Waals surface area contributed by atoms with Gasteiger partial charge >= 0.3 is 0 Å². The molecule has 134 valence electrons. The standard InChI is InChI=1S/C18H17N3O3S2/c1-23-12-6-7-13(15(9-12)24-2)14-10-26-18(20-14)21-16(22)11-25-17-5-3-4-8-19-17/h3-10H,11H2,1-2H3,(H,20,21,22). The number of carbonyl (C=O) groups excluding carboxylic acids is 1. The molecule has 3 rings (SSSR count). The van der Waals surface area contributed by atoms with E-state index in [4.69, 9.17) is 9.47 Å². The Morgan fingerprint density at radius 1 is 1.23 bits per heavy atom. The van der Waals surface area contributed by atoms with Gasteiger partial charge in [0.25, 0.3) is 0 Å². The lowest BCUT2D eigenvalue weighted by Gasteiger charge is -2.08. The molecule has 1 N–H and O–H groups in total. The maximum absolute atomic E-state index is 12.1. The fraction of sp³-hybridized carbons (Fsp3) is 0.167. The molecule has 0 saturated heterocycles. The highest BCUT2D eigenvalue weighted by Gasteiger charge is 2.13. The number of thioether (sulfide) groups is 1. The third-order valence-electron chi connectivity index (χ3n) is 3.42.